The summed E-state index contributed by atoms with van der Waals surface area (Å²) in [4.78, 5) is 31.1. The van der Waals surface area contributed by atoms with Gasteiger partial charge in [-0.3, -0.25) is 9.59 Å². The number of benzene rings is 2. The van der Waals surface area contributed by atoms with Gasteiger partial charge in [0.2, 0.25) is 18.6 Å². The van der Waals surface area contributed by atoms with E-state index in [2.05, 4.69) is 12.1 Å². The zero-order chi connectivity index (χ0) is 26.8. The maximum absolute atomic E-state index is 13.9. The van der Waals surface area contributed by atoms with Crippen LogP contribution in [0.15, 0.2) is 65.1 Å². The predicted molar refractivity (Wildman–Crippen MR) is 143 cm³/mol. The van der Waals surface area contributed by atoms with Crippen LogP contribution in [-0.2, 0) is 27.4 Å². The Morgan fingerprint density at radius 3 is 2.56 bits per heavy atom. The zero-order valence-electron chi connectivity index (χ0n) is 22.2. The number of amides is 2. The van der Waals surface area contributed by atoms with Crippen molar-refractivity contribution >= 4 is 11.8 Å². The third kappa shape index (κ3) is 5.96. The van der Waals surface area contributed by atoms with Gasteiger partial charge < -0.3 is 28.4 Å². The summed E-state index contributed by atoms with van der Waals surface area (Å²) in [5.74, 6) is 2.86. The number of ether oxygens (including phenoxy) is 3. The molecule has 1 aliphatic carbocycles. The lowest BCUT2D eigenvalue weighted by Crippen LogP contribution is -2.46. The average molecular weight is 531 g/mol. The van der Waals surface area contributed by atoms with Crippen molar-refractivity contribution in [1.82, 2.24) is 9.80 Å². The van der Waals surface area contributed by atoms with E-state index < -0.39 is 0 Å². The van der Waals surface area contributed by atoms with Crippen molar-refractivity contribution in [2.45, 2.75) is 51.3 Å². The number of hydrogen-bond acceptors (Lipinski definition) is 6. The minimum absolute atomic E-state index is 0.000938. The molecule has 1 saturated carbocycles. The SMILES string of the molecule is Cc1ccc(CN(Cc2ccc3c(c2)OCO3)C(=O)CN(CC2CCCO2)C(=O)C2CC2c2ccccc2)o1. The molecule has 2 amide bonds. The van der Waals surface area contributed by atoms with E-state index in [1.165, 1.54) is 5.56 Å². The van der Waals surface area contributed by atoms with E-state index in [1.807, 2.05) is 55.5 Å². The first-order valence-electron chi connectivity index (χ1n) is 13.7. The smallest absolute Gasteiger partial charge is 0.242 e. The average Bonchev–Trinajstić information content (AvgIpc) is 3.26. The van der Waals surface area contributed by atoms with Crippen molar-refractivity contribution in [3.05, 3.63) is 83.3 Å². The first kappa shape index (κ1) is 25.5. The second kappa shape index (κ2) is 11.1. The summed E-state index contributed by atoms with van der Waals surface area (Å²) in [6, 6.07) is 19.6. The van der Waals surface area contributed by atoms with Crippen molar-refractivity contribution in [3.63, 3.8) is 0 Å². The Morgan fingerprint density at radius 2 is 1.79 bits per heavy atom. The molecule has 0 radical (unpaired) electrons. The van der Waals surface area contributed by atoms with Gasteiger partial charge in [-0.05, 0) is 67.5 Å². The standard InChI is InChI=1S/C31H34N2O6/c1-21-9-11-25(39-21)18-32(16-22-10-12-28-29(14-22)38-20-37-28)30(34)19-33(17-24-8-5-13-36-24)31(35)27-15-26(27)23-6-3-2-4-7-23/h2-4,6-7,9-12,14,24,26-27H,5,8,13,15-20H2,1H3. The highest BCUT2D eigenvalue weighted by molar-refractivity contribution is 5.88. The molecule has 3 aliphatic rings. The van der Waals surface area contributed by atoms with E-state index in [1.54, 1.807) is 9.80 Å². The summed E-state index contributed by atoms with van der Waals surface area (Å²) in [5.41, 5.74) is 2.09. The number of fused-ring (bicyclic) bond motifs is 1. The number of carbonyl (C=O) groups is 2. The van der Waals surface area contributed by atoms with Gasteiger partial charge in [0.15, 0.2) is 11.5 Å². The Balaban J connectivity index is 1.20. The monoisotopic (exact) mass is 530 g/mol. The molecule has 3 aromatic rings. The molecule has 8 nitrogen and oxygen atoms in total. The normalized spacial score (nSPS) is 21.1. The minimum Gasteiger partial charge on any atom is -0.464 e. The van der Waals surface area contributed by atoms with Crippen molar-refractivity contribution in [3.8, 4) is 11.5 Å². The molecule has 2 aromatic carbocycles. The Morgan fingerprint density at radius 1 is 0.949 bits per heavy atom. The molecule has 2 aliphatic heterocycles. The molecular weight excluding hydrogens is 496 g/mol. The molecule has 0 bridgehead atoms. The van der Waals surface area contributed by atoms with E-state index in [0.717, 1.165) is 30.6 Å². The summed E-state index contributed by atoms with van der Waals surface area (Å²) in [5, 5.41) is 0. The fourth-order valence-corrected chi connectivity index (χ4v) is 5.55. The molecule has 3 atom stereocenters. The summed E-state index contributed by atoms with van der Waals surface area (Å²) < 4.78 is 22.7. The number of carbonyl (C=O) groups excluding carboxylic acids is 2. The van der Waals surface area contributed by atoms with Crippen molar-refractivity contribution < 1.29 is 28.2 Å². The van der Waals surface area contributed by atoms with E-state index in [-0.39, 0.29) is 43.1 Å². The molecule has 204 valence electrons. The van der Waals surface area contributed by atoms with Gasteiger partial charge in [-0.1, -0.05) is 36.4 Å². The molecular formula is C31H34N2O6. The second-order valence-corrected chi connectivity index (χ2v) is 10.7. The van der Waals surface area contributed by atoms with Crippen molar-refractivity contribution in [1.29, 1.82) is 0 Å². The van der Waals surface area contributed by atoms with Crippen LogP contribution in [0.3, 0.4) is 0 Å². The molecule has 1 aromatic heterocycles. The molecule has 3 heterocycles. The highest BCUT2D eigenvalue weighted by Gasteiger charge is 2.46. The van der Waals surface area contributed by atoms with Crippen LogP contribution in [-0.4, -0.2) is 54.2 Å². The maximum atomic E-state index is 13.9. The Hall–Kier alpha value is -3.78. The molecule has 3 unspecified atom stereocenters. The lowest BCUT2D eigenvalue weighted by atomic mass is 10.1. The number of hydrogen-bond donors (Lipinski definition) is 0. The summed E-state index contributed by atoms with van der Waals surface area (Å²) in [6.07, 6.45) is 2.65. The summed E-state index contributed by atoms with van der Waals surface area (Å²) in [7, 11) is 0. The summed E-state index contributed by atoms with van der Waals surface area (Å²) in [6.45, 7) is 3.87. The quantitative estimate of drug-likeness (QED) is 0.379. The van der Waals surface area contributed by atoms with Crippen LogP contribution < -0.4 is 9.47 Å². The zero-order valence-corrected chi connectivity index (χ0v) is 22.2. The molecule has 0 spiro atoms. The van der Waals surface area contributed by atoms with Crippen LogP contribution in [0.4, 0.5) is 0 Å². The van der Waals surface area contributed by atoms with Gasteiger partial charge in [-0.15, -0.1) is 0 Å². The van der Waals surface area contributed by atoms with Gasteiger partial charge in [0.1, 0.15) is 11.5 Å². The van der Waals surface area contributed by atoms with Crippen LogP contribution in [0.2, 0.25) is 0 Å². The fraction of sp³-hybridized carbons (Fsp3) is 0.419. The third-order valence-electron chi connectivity index (χ3n) is 7.73. The molecule has 0 N–H and O–H groups in total. The Bertz CT molecular complexity index is 1320. The van der Waals surface area contributed by atoms with Gasteiger partial charge >= 0.3 is 0 Å². The maximum Gasteiger partial charge on any atom is 0.242 e. The highest BCUT2D eigenvalue weighted by atomic mass is 16.7. The number of aryl methyl sites for hydroxylation is 1. The lowest BCUT2D eigenvalue weighted by molar-refractivity contribution is -0.143. The van der Waals surface area contributed by atoms with Crippen LogP contribution in [0, 0.1) is 12.8 Å². The molecule has 1 saturated heterocycles. The number of furan rings is 1. The van der Waals surface area contributed by atoms with Gasteiger partial charge in [0.25, 0.3) is 0 Å². The topological polar surface area (TPSA) is 81.5 Å². The van der Waals surface area contributed by atoms with Crippen LogP contribution >= 0.6 is 0 Å². The predicted octanol–water partition coefficient (Wildman–Crippen LogP) is 4.66. The minimum atomic E-state index is -0.134. The van der Waals surface area contributed by atoms with Crippen molar-refractivity contribution in [2.24, 2.45) is 5.92 Å². The van der Waals surface area contributed by atoms with E-state index in [9.17, 15) is 9.59 Å². The van der Waals surface area contributed by atoms with Crippen LogP contribution in [0.1, 0.15) is 47.8 Å². The fourth-order valence-electron chi connectivity index (χ4n) is 5.55. The van der Waals surface area contributed by atoms with Gasteiger partial charge in [-0.25, -0.2) is 0 Å². The molecule has 2 fully saturated rings. The van der Waals surface area contributed by atoms with Gasteiger partial charge in [0.05, 0.1) is 19.2 Å². The molecule has 8 heteroatoms. The van der Waals surface area contributed by atoms with Crippen molar-refractivity contribution in [2.75, 3.05) is 26.5 Å². The molecule has 6 rings (SSSR count). The van der Waals surface area contributed by atoms with E-state index in [4.69, 9.17) is 18.6 Å². The first-order valence-corrected chi connectivity index (χ1v) is 13.7. The van der Waals surface area contributed by atoms with E-state index >= 15 is 0 Å². The summed E-state index contributed by atoms with van der Waals surface area (Å²) >= 11 is 0. The lowest BCUT2D eigenvalue weighted by Gasteiger charge is -2.29. The molecule has 39 heavy (non-hydrogen) atoms. The highest BCUT2D eigenvalue weighted by Crippen LogP contribution is 2.48. The largest absolute Gasteiger partial charge is 0.464 e. The van der Waals surface area contributed by atoms with Gasteiger partial charge in [0, 0.05) is 25.6 Å². The van der Waals surface area contributed by atoms with Crippen LogP contribution in [0.25, 0.3) is 0 Å². The Labute approximate surface area is 228 Å². The van der Waals surface area contributed by atoms with Crippen LogP contribution in [0.5, 0.6) is 11.5 Å². The third-order valence-corrected chi connectivity index (χ3v) is 7.73. The first-order chi connectivity index (χ1) is 19.0. The second-order valence-electron chi connectivity index (χ2n) is 10.7. The van der Waals surface area contributed by atoms with Gasteiger partial charge in [-0.2, -0.15) is 0 Å². The Kier molecular flexibility index (Phi) is 7.28. The number of rotatable bonds is 10. The number of nitrogens with zero attached hydrogens (tertiary/aromatic N) is 2. The van der Waals surface area contributed by atoms with E-state index in [0.29, 0.717) is 43.5 Å².